The highest BCUT2D eigenvalue weighted by atomic mass is 16.4. The topological polar surface area (TPSA) is 63.8 Å². The molecule has 5 heteroatoms. The number of anilines is 2. The van der Waals surface area contributed by atoms with Gasteiger partial charge in [-0.15, -0.1) is 0 Å². The van der Waals surface area contributed by atoms with Crippen molar-refractivity contribution in [3.05, 3.63) is 41.2 Å². The maximum Gasteiger partial charge on any atom is 0.302 e. The van der Waals surface area contributed by atoms with Gasteiger partial charge in [-0.25, -0.2) is 9.97 Å². The summed E-state index contributed by atoms with van der Waals surface area (Å²) >= 11 is 0. The average Bonchev–Trinajstić information content (AvgIpc) is 2.96. The number of oxazole rings is 1. The van der Waals surface area contributed by atoms with E-state index in [9.17, 15) is 0 Å². The fraction of sp³-hybridized carbons (Fsp3) is 0.389. The fourth-order valence-electron chi connectivity index (χ4n) is 3.18. The summed E-state index contributed by atoms with van der Waals surface area (Å²) in [5.41, 5.74) is 5.25. The molecule has 2 heterocycles. The molecule has 0 saturated carbocycles. The second kappa shape index (κ2) is 5.65. The van der Waals surface area contributed by atoms with Crippen LogP contribution >= 0.6 is 0 Å². The van der Waals surface area contributed by atoms with Crippen LogP contribution in [0.5, 0.6) is 0 Å². The summed E-state index contributed by atoms with van der Waals surface area (Å²) in [7, 11) is 0. The van der Waals surface area contributed by atoms with Crippen LogP contribution in [-0.4, -0.2) is 15.0 Å². The van der Waals surface area contributed by atoms with E-state index in [-0.39, 0.29) is 0 Å². The molecule has 5 nitrogen and oxygen atoms in total. The fourth-order valence-corrected chi connectivity index (χ4v) is 3.18. The Morgan fingerprint density at radius 1 is 1.04 bits per heavy atom. The van der Waals surface area contributed by atoms with E-state index >= 15 is 0 Å². The van der Waals surface area contributed by atoms with Gasteiger partial charge in [0.05, 0.1) is 5.69 Å². The predicted octanol–water partition coefficient (Wildman–Crippen LogP) is 4.36. The third kappa shape index (κ3) is 2.67. The number of aromatic nitrogens is 3. The number of para-hydroxylation sites is 2. The average molecular weight is 308 g/mol. The molecule has 0 unspecified atom stereocenters. The molecule has 1 aliphatic carbocycles. The minimum absolute atomic E-state index is 0.383. The van der Waals surface area contributed by atoms with Gasteiger partial charge in [0.1, 0.15) is 5.52 Å². The molecule has 23 heavy (non-hydrogen) atoms. The van der Waals surface area contributed by atoms with E-state index in [0.29, 0.717) is 17.9 Å². The summed E-state index contributed by atoms with van der Waals surface area (Å²) in [6, 6.07) is 8.15. The van der Waals surface area contributed by atoms with Crippen LogP contribution < -0.4 is 5.32 Å². The highest BCUT2D eigenvalue weighted by Crippen LogP contribution is 2.29. The Bertz CT molecular complexity index is 820. The Kier molecular flexibility index (Phi) is 3.48. The first-order valence-electron chi connectivity index (χ1n) is 8.23. The first-order valence-corrected chi connectivity index (χ1v) is 8.23. The number of benzene rings is 1. The van der Waals surface area contributed by atoms with Crippen molar-refractivity contribution in [2.45, 2.75) is 45.4 Å². The van der Waals surface area contributed by atoms with Crippen LogP contribution in [0.3, 0.4) is 0 Å². The first-order chi connectivity index (χ1) is 11.2. The minimum atomic E-state index is 0.383. The Hall–Kier alpha value is -2.43. The van der Waals surface area contributed by atoms with Crippen molar-refractivity contribution in [3.63, 3.8) is 0 Å². The van der Waals surface area contributed by atoms with E-state index < -0.39 is 0 Å². The smallest absolute Gasteiger partial charge is 0.302 e. The molecular weight excluding hydrogens is 288 g/mol. The normalized spacial score (nSPS) is 14.2. The standard InChI is InChI=1S/C18H20N4O/c1-11(2)16-12-7-3-4-8-13(12)19-17(21-16)22-18-20-14-9-5-6-10-15(14)23-18/h5-6,9-11H,3-4,7-8H2,1-2H3,(H,19,20,21,22). The van der Waals surface area contributed by atoms with Gasteiger partial charge in [-0.3, -0.25) is 5.32 Å². The molecule has 0 saturated heterocycles. The van der Waals surface area contributed by atoms with Gasteiger partial charge in [0, 0.05) is 5.69 Å². The lowest BCUT2D eigenvalue weighted by molar-refractivity contribution is 0.617. The summed E-state index contributed by atoms with van der Waals surface area (Å²) in [4.78, 5) is 13.9. The SMILES string of the molecule is CC(C)c1nc(Nc2nc3ccccc3o2)nc2c1CCCC2. The van der Waals surface area contributed by atoms with Gasteiger partial charge in [-0.2, -0.15) is 4.98 Å². The van der Waals surface area contributed by atoms with Crippen LogP contribution in [0.4, 0.5) is 12.0 Å². The number of hydrogen-bond acceptors (Lipinski definition) is 5. The summed E-state index contributed by atoms with van der Waals surface area (Å²) in [6.07, 6.45) is 4.55. The first kappa shape index (κ1) is 14.2. The zero-order chi connectivity index (χ0) is 15.8. The van der Waals surface area contributed by atoms with Crippen LogP contribution in [0.15, 0.2) is 28.7 Å². The van der Waals surface area contributed by atoms with E-state index in [1.54, 1.807) is 0 Å². The quantitative estimate of drug-likeness (QED) is 0.778. The van der Waals surface area contributed by atoms with Crippen LogP contribution in [0.2, 0.25) is 0 Å². The largest absolute Gasteiger partial charge is 0.423 e. The molecule has 3 aromatic rings. The lowest BCUT2D eigenvalue weighted by atomic mass is 9.91. The number of nitrogens with zero attached hydrogens (tertiary/aromatic N) is 3. The Morgan fingerprint density at radius 3 is 2.70 bits per heavy atom. The van der Waals surface area contributed by atoms with Crippen molar-refractivity contribution >= 4 is 23.1 Å². The van der Waals surface area contributed by atoms with Gasteiger partial charge in [0.15, 0.2) is 5.58 Å². The zero-order valence-electron chi connectivity index (χ0n) is 13.5. The Labute approximate surface area is 135 Å². The predicted molar refractivity (Wildman–Crippen MR) is 90.1 cm³/mol. The number of hydrogen-bond donors (Lipinski definition) is 1. The van der Waals surface area contributed by atoms with Crippen LogP contribution in [0.1, 0.15) is 49.6 Å². The lowest BCUT2D eigenvalue weighted by Crippen LogP contribution is -2.14. The number of aryl methyl sites for hydroxylation is 1. The molecule has 118 valence electrons. The van der Waals surface area contributed by atoms with Crippen molar-refractivity contribution in [1.82, 2.24) is 15.0 Å². The molecule has 1 N–H and O–H groups in total. The van der Waals surface area contributed by atoms with Crippen LogP contribution in [0.25, 0.3) is 11.1 Å². The van der Waals surface area contributed by atoms with Crippen LogP contribution in [0, 0.1) is 0 Å². The summed E-state index contributed by atoms with van der Waals surface area (Å²) in [5.74, 6) is 0.968. The number of fused-ring (bicyclic) bond motifs is 2. The highest BCUT2D eigenvalue weighted by Gasteiger charge is 2.20. The number of rotatable bonds is 3. The molecule has 1 aliphatic rings. The molecule has 0 atom stereocenters. The van der Waals surface area contributed by atoms with E-state index in [1.807, 2.05) is 24.3 Å². The molecule has 0 radical (unpaired) electrons. The van der Waals surface area contributed by atoms with Crippen molar-refractivity contribution < 1.29 is 4.42 Å². The minimum Gasteiger partial charge on any atom is -0.423 e. The van der Waals surface area contributed by atoms with Gasteiger partial charge < -0.3 is 4.42 Å². The monoisotopic (exact) mass is 308 g/mol. The Balaban J connectivity index is 1.72. The maximum absolute atomic E-state index is 5.71. The van der Waals surface area contributed by atoms with Gasteiger partial charge in [0.25, 0.3) is 0 Å². The summed E-state index contributed by atoms with van der Waals surface area (Å²) in [6.45, 7) is 4.36. The highest BCUT2D eigenvalue weighted by molar-refractivity contribution is 5.74. The molecule has 2 aromatic heterocycles. The summed E-state index contributed by atoms with van der Waals surface area (Å²) < 4.78 is 5.71. The van der Waals surface area contributed by atoms with E-state index in [4.69, 9.17) is 14.4 Å². The van der Waals surface area contributed by atoms with Crippen molar-refractivity contribution in [3.8, 4) is 0 Å². The van der Waals surface area contributed by atoms with Crippen molar-refractivity contribution in [2.75, 3.05) is 5.32 Å². The van der Waals surface area contributed by atoms with E-state index in [1.165, 1.54) is 24.1 Å². The van der Waals surface area contributed by atoms with Crippen molar-refractivity contribution in [2.24, 2.45) is 0 Å². The molecule has 0 fully saturated rings. The molecule has 1 aromatic carbocycles. The zero-order valence-corrected chi connectivity index (χ0v) is 13.5. The van der Waals surface area contributed by atoms with Crippen LogP contribution in [-0.2, 0) is 12.8 Å². The third-order valence-corrected chi connectivity index (χ3v) is 4.27. The van der Waals surface area contributed by atoms with Crippen molar-refractivity contribution in [1.29, 1.82) is 0 Å². The van der Waals surface area contributed by atoms with E-state index in [2.05, 4.69) is 24.1 Å². The maximum atomic E-state index is 5.71. The second-order valence-electron chi connectivity index (χ2n) is 6.33. The second-order valence-corrected chi connectivity index (χ2v) is 6.33. The van der Waals surface area contributed by atoms with Gasteiger partial charge in [-0.05, 0) is 49.3 Å². The lowest BCUT2D eigenvalue weighted by Gasteiger charge is -2.20. The van der Waals surface area contributed by atoms with Gasteiger partial charge in [0.2, 0.25) is 5.95 Å². The molecule has 0 bridgehead atoms. The molecular formula is C18H20N4O. The molecule has 4 rings (SSSR count). The Morgan fingerprint density at radius 2 is 1.87 bits per heavy atom. The number of nitrogens with one attached hydrogen (secondary N) is 1. The van der Waals surface area contributed by atoms with Gasteiger partial charge in [-0.1, -0.05) is 26.0 Å². The molecule has 0 amide bonds. The van der Waals surface area contributed by atoms with E-state index in [0.717, 1.165) is 29.6 Å². The molecule has 0 spiro atoms. The summed E-state index contributed by atoms with van der Waals surface area (Å²) in [5, 5.41) is 3.14. The third-order valence-electron chi connectivity index (χ3n) is 4.27. The molecule has 0 aliphatic heterocycles. The van der Waals surface area contributed by atoms with Gasteiger partial charge >= 0.3 is 6.01 Å².